The Bertz CT molecular complexity index is 1090. The van der Waals surface area contributed by atoms with E-state index in [1.807, 2.05) is 36.6 Å². The lowest BCUT2D eigenvalue weighted by Crippen LogP contribution is -2.19. The Morgan fingerprint density at radius 1 is 1.21 bits per heavy atom. The van der Waals surface area contributed by atoms with Crippen LogP contribution in [0.4, 0.5) is 11.4 Å². The summed E-state index contributed by atoms with van der Waals surface area (Å²) in [5, 5.41) is 15.0. The molecule has 2 aromatic carbocycles. The lowest BCUT2D eigenvalue weighted by Gasteiger charge is -2.23. The minimum absolute atomic E-state index is 0.271. The molecule has 176 valence electrons. The van der Waals surface area contributed by atoms with Crippen molar-refractivity contribution in [2.45, 2.75) is 45.3 Å². The highest BCUT2D eigenvalue weighted by Crippen LogP contribution is 2.36. The first-order valence-electron chi connectivity index (χ1n) is 10.9. The van der Waals surface area contributed by atoms with Crippen LogP contribution >= 0.6 is 19.4 Å². The topological polar surface area (TPSA) is 102 Å². The molecule has 0 aliphatic heterocycles. The predicted molar refractivity (Wildman–Crippen MR) is 137 cm³/mol. The molecule has 1 amide bonds. The van der Waals surface area contributed by atoms with Gasteiger partial charge in [-0.25, -0.2) is 0 Å². The average Bonchev–Trinajstić information content (AvgIpc) is 3.32. The van der Waals surface area contributed by atoms with Crippen LogP contribution in [0.3, 0.4) is 0 Å². The monoisotopic (exact) mass is 486 g/mol. The lowest BCUT2D eigenvalue weighted by atomic mass is 9.96. The van der Waals surface area contributed by atoms with E-state index in [1.54, 1.807) is 55.5 Å². The van der Waals surface area contributed by atoms with Gasteiger partial charge in [0.25, 0.3) is 5.91 Å². The van der Waals surface area contributed by atoms with Crippen LogP contribution in [0.15, 0.2) is 60.0 Å². The largest absolute Gasteiger partial charge is 0.397 e. The zero-order valence-electron chi connectivity index (χ0n) is 19.1. The molecule has 0 spiro atoms. The van der Waals surface area contributed by atoms with Gasteiger partial charge < -0.3 is 20.7 Å². The fraction of sp³-hybridized carbons (Fsp3) is 0.320. The number of nitrogen functional groups attached to an aromatic ring is 1. The Morgan fingerprint density at radius 3 is 2.55 bits per heavy atom. The maximum absolute atomic E-state index is 12.9. The quantitative estimate of drug-likeness (QED) is 0.229. The number of hydrogen-bond donors (Lipinski definition) is 3. The maximum Gasteiger partial charge on any atom is 0.255 e. The molecule has 1 aromatic heterocycles. The Kier molecular flexibility index (Phi) is 8.49. The van der Waals surface area contributed by atoms with Gasteiger partial charge in [-0.1, -0.05) is 31.2 Å². The molecule has 2 atom stereocenters. The van der Waals surface area contributed by atoms with Crippen LogP contribution < -0.4 is 11.1 Å². The fourth-order valence-corrected chi connectivity index (χ4v) is 4.79. The van der Waals surface area contributed by atoms with Gasteiger partial charge in [-0.2, -0.15) is 0 Å². The van der Waals surface area contributed by atoms with Crippen molar-refractivity contribution in [1.29, 1.82) is 0 Å². The van der Waals surface area contributed by atoms with Crippen LogP contribution in [-0.4, -0.2) is 22.8 Å². The molecule has 6 nitrogen and oxygen atoms in total. The van der Waals surface area contributed by atoms with E-state index in [9.17, 15) is 14.5 Å². The summed E-state index contributed by atoms with van der Waals surface area (Å²) in [5.41, 5.74) is 8.57. The molecule has 8 heteroatoms. The highest BCUT2D eigenvalue weighted by molar-refractivity contribution is 7.39. The molecule has 0 radical (unpaired) electrons. The van der Waals surface area contributed by atoms with Gasteiger partial charge >= 0.3 is 0 Å². The number of carbonyl (C=O) groups is 1. The first-order chi connectivity index (χ1) is 15.7. The maximum atomic E-state index is 12.9. The molecule has 3 aromatic rings. The second-order valence-electron chi connectivity index (χ2n) is 8.54. The summed E-state index contributed by atoms with van der Waals surface area (Å²) in [7, 11) is -2.16. The number of rotatable bonds is 10. The van der Waals surface area contributed by atoms with Gasteiger partial charge in [0, 0.05) is 16.6 Å². The molecule has 3 rings (SSSR count). The van der Waals surface area contributed by atoms with Crippen LogP contribution in [0.25, 0.3) is 10.4 Å². The van der Waals surface area contributed by atoms with Crippen molar-refractivity contribution in [2.75, 3.05) is 17.2 Å². The minimum atomic E-state index is -2.16. The lowest BCUT2D eigenvalue weighted by molar-refractivity contribution is 0.0541. The number of hydrogen-bond acceptors (Lipinski definition) is 6. The smallest absolute Gasteiger partial charge is 0.255 e. The van der Waals surface area contributed by atoms with Gasteiger partial charge in [-0.15, -0.1) is 11.3 Å². The van der Waals surface area contributed by atoms with E-state index in [-0.39, 0.29) is 5.91 Å². The molecule has 0 saturated heterocycles. The standard InChI is InChI=1S/C25H31N2O4PS/c1-4-32(30)31-22(13-14-25(2,3)29)17-7-9-18(10-8-17)24(28)27-21-16-19(11-12-20(21)26)23-6-5-15-33-23/h5-12,15-16,22,29,32H,4,13-14,26H2,1-3H3,(H,27,28). The first-order valence-corrected chi connectivity index (χ1v) is 13.3. The van der Waals surface area contributed by atoms with Crippen molar-refractivity contribution in [1.82, 2.24) is 0 Å². The van der Waals surface area contributed by atoms with E-state index in [1.165, 1.54) is 0 Å². The third-order valence-electron chi connectivity index (χ3n) is 5.23. The van der Waals surface area contributed by atoms with Crippen molar-refractivity contribution >= 4 is 36.6 Å². The van der Waals surface area contributed by atoms with E-state index in [0.717, 1.165) is 16.0 Å². The Hall–Kier alpha value is -2.44. The minimum Gasteiger partial charge on any atom is -0.397 e. The Labute approximate surface area is 199 Å². The van der Waals surface area contributed by atoms with Crippen molar-refractivity contribution in [2.24, 2.45) is 0 Å². The summed E-state index contributed by atoms with van der Waals surface area (Å²) in [6.45, 7) is 5.29. The van der Waals surface area contributed by atoms with E-state index in [4.69, 9.17) is 10.3 Å². The summed E-state index contributed by atoms with van der Waals surface area (Å²) in [6, 6.07) is 16.6. The number of nitrogens with one attached hydrogen (secondary N) is 1. The van der Waals surface area contributed by atoms with E-state index < -0.39 is 19.7 Å². The number of nitrogens with two attached hydrogens (primary N) is 1. The van der Waals surface area contributed by atoms with Gasteiger partial charge in [-0.05, 0) is 73.5 Å². The second kappa shape index (κ2) is 11.1. The van der Waals surface area contributed by atoms with Crippen LogP contribution in [0, 0.1) is 0 Å². The molecule has 1 heterocycles. The van der Waals surface area contributed by atoms with Crippen molar-refractivity contribution in [3.63, 3.8) is 0 Å². The average molecular weight is 487 g/mol. The van der Waals surface area contributed by atoms with Crippen LogP contribution in [0.2, 0.25) is 0 Å². The van der Waals surface area contributed by atoms with Gasteiger partial charge in [0.1, 0.15) is 0 Å². The zero-order valence-corrected chi connectivity index (χ0v) is 20.9. The highest BCUT2D eigenvalue weighted by Gasteiger charge is 2.21. The van der Waals surface area contributed by atoms with Crippen LogP contribution in [0.5, 0.6) is 0 Å². The van der Waals surface area contributed by atoms with E-state index in [2.05, 4.69) is 5.32 Å². The number of thiophene rings is 1. The van der Waals surface area contributed by atoms with Gasteiger partial charge in [0.2, 0.25) is 0 Å². The first kappa shape index (κ1) is 25.2. The molecule has 0 saturated carbocycles. The van der Waals surface area contributed by atoms with Crippen LogP contribution in [0.1, 0.15) is 55.6 Å². The van der Waals surface area contributed by atoms with Crippen LogP contribution in [-0.2, 0) is 9.09 Å². The molecule has 0 aliphatic rings. The number of amides is 1. The SMILES string of the molecule is CC[PH](=O)OC(CCC(C)(C)O)c1ccc(C(=O)Nc2cc(-c3cccs3)ccc2N)cc1. The molecule has 4 N–H and O–H groups in total. The summed E-state index contributed by atoms with van der Waals surface area (Å²) in [5.74, 6) is -0.271. The predicted octanol–water partition coefficient (Wildman–Crippen LogP) is 6.35. The van der Waals surface area contributed by atoms with Gasteiger partial charge in [0.15, 0.2) is 8.03 Å². The summed E-state index contributed by atoms with van der Waals surface area (Å²) in [6.07, 6.45) is 1.07. The van der Waals surface area contributed by atoms with Gasteiger partial charge in [0.05, 0.1) is 23.1 Å². The van der Waals surface area contributed by atoms with E-state index >= 15 is 0 Å². The molecular weight excluding hydrogens is 455 g/mol. The summed E-state index contributed by atoms with van der Waals surface area (Å²) < 4.78 is 17.8. The molecule has 0 bridgehead atoms. The third kappa shape index (κ3) is 7.27. The fourth-order valence-electron chi connectivity index (χ4n) is 3.32. The van der Waals surface area contributed by atoms with Crippen molar-refractivity contribution in [3.8, 4) is 10.4 Å². The van der Waals surface area contributed by atoms with E-state index in [0.29, 0.717) is 35.9 Å². The number of aliphatic hydroxyl groups is 1. The third-order valence-corrected chi connectivity index (χ3v) is 7.28. The number of carbonyl (C=O) groups excluding carboxylic acids is 1. The Morgan fingerprint density at radius 2 is 1.94 bits per heavy atom. The van der Waals surface area contributed by atoms with Crippen molar-refractivity contribution in [3.05, 3.63) is 71.1 Å². The highest BCUT2D eigenvalue weighted by atomic mass is 32.1. The molecule has 2 unspecified atom stereocenters. The Balaban J connectivity index is 1.75. The number of anilines is 2. The zero-order chi connectivity index (χ0) is 24.0. The molecule has 33 heavy (non-hydrogen) atoms. The number of benzene rings is 2. The summed E-state index contributed by atoms with van der Waals surface area (Å²) >= 11 is 1.62. The molecule has 0 aliphatic carbocycles. The molecular formula is C25H31N2O4PS. The van der Waals surface area contributed by atoms with Crippen molar-refractivity contribution < 1.29 is 19.0 Å². The summed E-state index contributed by atoms with van der Waals surface area (Å²) in [4.78, 5) is 13.9. The molecule has 0 fully saturated rings. The van der Waals surface area contributed by atoms with Gasteiger partial charge in [-0.3, -0.25) is 9.36 Å². The normalized spacial score (nSPS) is 13.5. The second-order valence-corrected chi connectivity index (χ2v) is 11.2.